The van der Waals surface area contributed by atoms with Crippen molar-refractivity contribution in [2.45, 2.75) is 31.6 Å². The lowest BCUT2D eigenvalue weighted by atomic mass is 9.99. The van der Waals surface area contributed by atoms with Crippen LogP contribution in [0.5, 0.6) is 0 Å². The maximum atomic E-state index is 12.8. The Hall–Kier alpha value is -2.34. The molecule has 0 aromatic heterocycles. The smallest absolute Gasteiger partial charge is 0.261 e. The van der Waals surface area contributed by atoms with Crippen LogP contribution >= 0.6 is 0 Å². The number of nitrogens with zero attached hydrogens (tertiary/aromatic N) is 1. The van der Waals surface area contributed by atoms with E-state index in [1.807, 2.05) is 11.8 Å². The van der Waals surface area contributed by atoms with Crippen LogP contribution in [0.1, 0.15) is 35.7 Å². The summed E-state index contributed by atoms with van der Waals surface area (Å²) < 4.78 is 27.8. The Labute approximate surface area is 155 Å². The van der Waals surface area contributed by atoms with Crippen LogP contribution < -0.4 is 4.72 Å². The first-order valence-electron chi connectivity index (χ1n) is 8.84. The number of hydrogen-bond donors (Lipinski definition) is 1. The Morgan fingerprint density at radius 1 is 1.15 bits per heavy atom. The molecule has 1 atom stereocenters. The lowest BCUT2D eigenvalue weighted by Crippen LogP contribution is -2.39. The SMILES string of the molecule is Cc1ccc(C(=O)N2CCC[C@@H](C)C2)cc1NS(=O)(=O)c1ccccc1. The van der Waals surface area contributed by atoms with Gasteiger partial charge in [-0.25, -0.2) is 8.42 Å². The summed E-state index contributed by atoms with van der Waals surface area (Å²) in [5.41, 5.74) is 1.72. The van der Waals surface area contributed by atoms with Crippen LogP contribution in [-0.4, -0.2) is 32.3 Å². The first-order valence-corrected chi connectivity index (χ1v) is 10.3. The number of rotatable bonds is 4. The molecule has 1 aliphatic rings. The van der Waals surface area contributed by atoms with E-state index in [-0.39, 0.29) is 10.8 Å². The van der Waals surface area contributed by atoms with E-state index in [0.29, 0.717) is 17.2 Å². The van der Waals surface area contributed by atoms with Crippen molar-refractivity contribution in [2.24, 2.45) is 5.92 Å². The van der Waals surface area contributed by atoms with Gasteiger partial charge in [-0.3, -0.25) is 9.52 Å². The molecule has 2 aromatic rings. The van der Waals surface area contributed by atoms with Crippen molar-refractivity contribution in [2.75, 3.05) is 17.8 Å². The predicted octanol–water partition coefficient (Wildman–Crippen LogP) is 3.67. The van der Waals surface area contributed by atoms with Gasteiger partial charge in [0, 0.05) is 18.7 Å². The number of carbonyl (C=O) groups is 1. The standard InChI is InChI=1S/C20H24N2O3S/c1-15-7-6-12-22(14-15)20(23)17-11-10-16(2)19(13-17)21-26(24,25)18-8-4-3-5-9-18/h3-5,8-11,13,15,21H,6-7,12,14H2,1-2H3/t15-/m1/s1. The number of benzene rings is 2. The van der Waals surface area contributed by atoms with Gasteiger partial charge >= 0.3 is 0 Å². The molecular weight excluding hydrogens is 348 g/mol. The number of anilines is 1. The third kappa shape index (κ3) is 4.07. The van der Waals surface area contributed by atoms with Crippen molar-refractivity contribution < 1.29 is 13.2 Å². The van der Waals surface area contributed by atoms with E-state index in [2.05, 4.69) is 11.6 Å². The fourth-order valence-electron chi connectivity index (χ4n) is 3.22. The van der Waals surface area contributed by atoms with Crippen LogP contribution in [0.4, 0.5) is 5.69 Å². The summed E-state index contributed by atoms with van der Waals surface area (Å²) in [4.78, 5) is 14.8. The van der Waals surface area contributed by atoms with E-state index in [0.717, 1.165) is 31.5 Å². The highest BCUT2D eigenvalue weighted by molar-refractivity contribution is 7.92. The van der Waals surface area contributed by atoms with Gasteiger partial charge in [-0.2, -0.15) is 0 Å². The zero-order valence-electron chi connectivity index (χ0n) is 15.1. The minimum absolute atomic E-state index is 0.0447. The van der Waals surface area contributed by atoms with Gasteiger partial charge < -0.3 is 4.90 Å². The Morgan fingerprint density at radius 3 is 2.58 bits per heavy atom. The summed E-state index contributed by atoms with van der Waals surface area (Å²) in [5, 5.41) is 0. The number of piperidine rings is 1. The van der Waals surface area contributed by atoms with Gasteiger partial charge in [-0.1, -0.05) is 31.2 Å². The average Bonchev–Trinajstić information content (AvgIpc) is 2.63. The molecule has 1 fully saturated rings. The number of sulfonamides is 1. The molecule has 0 saturated carbocycles. The molecule has 3 rings (SSSR count). The number of likely N-dealkylation sites (tertiary alicyclic amines) is 1. The van der Waals surface area contributed by atoms with Gasteiger partial charge in [-0.15, -0.1) is 0 Å². The quantitative estimate of drug-likeness (QED) is 0.890. The van der Waals surface area contributed by atoms with Crippen LogP contribution in [0.2, 0.25) is 0 Å². The second kappa shape index (κ2) is 7.50. The summed E-state index contributed by atoms with van der Waals surface area (Å²) in [7, 11) is -3.69. The maximum Gasteiger partial charge on any atom is 0.261 e. The minimum atomic E-state index is -3.69. The lowest BCUT2D eigenvalue weighted by molar-refractivity contribution is 0.0683. The normalized spacial score (nSPS) is 17.8. The Balaban J connectivity index is 1.85. The van der Waals surface area contributed by atoms with Gasteiger partial charge in [0.2, 0.25) is 0 Å². The number of hydrogen-bond acceptors (Lipinski definition) is 3. The van der Waals surface area contributed by atoms with Crippen LogP contribution in [0.15, 0.2) is 53.4 Å². The van der Waals surface area contributed by atoms with Crippen LogP contribution in [0, 0.1) is 12.8 Å². The highest BCUT2D eigenvalue weighted by Crippen LogP contribution is 2.24. The summed E-state index contributed by atoms with van der Waals surface area (Å²) >= 11 is 0. The van der Waals surface area contributed by atoms with Crippen molar-refractivity contribution in [3.8, 4) is 0 Å². The molecule has 6 heteroatoms. The Morgan fingerprint density at radius 2 is 1.88 bits per heavy atom. The number of amides is 1. The summed E-state index contributed by atoms with van der Waals surface area (Å²) in [6, 6.07) is 13.4. The maximum absolute atomic E-state index is 12.8. The summed E-state index contributed by atoms with van der Waals surface area (Å²) in [6.07, 6.45) is 2.14. The zero-order valence-corrected chi connectivity index (χ0v) is 15.9. The molecule has 0 unspecified atom stereocenters. The van der Waals surface area contributed by atoms with E-state index >= 15 is 0 Å². The number of aryl methyl sites for hydroxylation is 1. The fourth-order valence-corrected chi connectivity index (χ4v) is 4.37. The molecule has 0 aliphatic carbocycles. The van der Waals surface area contributed by atoms with Gasteiger partial charge in [-0.05, 0) is 55.5 Å². The monoisotopic (exact) mass is 372 g/mol. The van der Waals surface area contributed by atoms with E-state index in [1.54, 1.807) is 48.5 Å². The van der Waals surface area contributed by atoms with Crippen LogP contribution in [-0.2, 0) is 10.0 Å². The molecule has 1 saturated heterocycles. The average molecular weight is 372 g/mol. The van der Waals surface area contributed by atoms with Crippen LogP contribution in [0.25, 0.3) is 0 Å². The van der Waals surface area contributed by atoms with E-state index < -0.39 is 10.0 Å². The molecule has 0 spiro atoms. The second-order valence-electron chi connectivity index (χ2n) is 6.95. The molecule has 0 radical (unpaired) electrons. The van der Waals surface area contributed by atoms with Gasteiger partial charge in [0.1, 0.15) is 0 Å². The second-order valence-corrected chi connectivity index (χ2v) is 8.63. The highest BCUT2D eigenvalue weighted by Gasteiger charge is 2.23. The van der Waals surface area contributed by atoms with Gasteiger partial charge in [0.15, 0.2) is 0 Å². The van der Waals surface area contributed by atoms with E-state index in [4.69, 9.17) is 0 Å². The molecular formula is C20H24N2O3S. The Kier molecular flexibility index (Phi) is 5.32. The molecule has 1 aliphatic heterocycles. The van der Waals surface area contributed by atoms with Crippen LogP contribution in [0.3, 0.4) is 0 Å². The van der Waals surface area contributed by atoms with Crippen molar-refractivity contribution in [3.05, 3.63) is 59.7 Å². The predicted molar refractivity (Wildman–Crippen MR) is 103 cm³/mol. The van der Waals surface area contributed by atoms with Gasteiger partial charge in [0.25, 0.3) is 15.9 Å². The van der Waals surface area contributed by atoms with Crippen molar-refractivity contribution in [1.29, 1.82) is 0 Å². The lowest BCUT2D eigenvalue weighted by Gasteiger charge is -2.31. The largest absolute Gasteiger partial charge is 0.338 e. The topological polar surface area (TPSA) is 66.5 Å². The molecule has 2 aromatic carbocycles. The van der Waals surface area contributed by atoms with Crippen molar-refractivity contribution >= 4 is 21.6 Å². The third-order valence-corrected chi connectivity index (χ3v) is 6.11. The number of nitrogens with one attached hydrogen (secondary N) is 1. The van der Waals surface area contributed by atoms with Crippen molar-refractivity contribution in [1.82, 2.24) is 4.90 Å². The van der Waals surface area contributed by atoms with E-state index in [1.165, 1.54) is 0 Å². The zero-order chi connectivity index (χ0) is 18.7. The summed E-state index contributed by atoms with van der Waals surface area (Å²) in [5.74, 6) is 0.450. The first-order chi connectivity index (χ1) is 12.4. The molecule has 1 heterocycles. The molecule has 0 bridgehead atoms. The first kappa shape index (κ1) is 18.5. The molecule has 1 amide bonds. The highest BCUT2D eigenvalue weighted by atomic mass is 32.2. The number of carbonyl (C=O) groups excluding carboxylic acids is 1. The van der Waals surface area contributed by atoms with Gasteiger partial charge in [0.05, 0.1) is 10.6 Å². The van der Waals surface area contributed by atoms with E-state index in [9.17, 15) is 13.2 Å². The molecule has 138 valence electrons. The minimum Gasteiger partial charge on any atom is -0.338 e. The van der Waals surface area contributed by atoms with Crippen molar-refractivity contribution in [3.63, 3.8) is 0 Å². The third-order valence-electron chi connectivity index (χ3n) is 4.73. The fraction of sp³-hybridized carbons (Fsp3) is 0.350. The summed E-state index contributed by atoms with van der Waals surface area (Å²) in [6.45, 7) is 5.47. The molecule has 1 N–H and O–H groups in total. The Bertz CT molecular complexity index is 895. The molecule has 5 nitrogen and oxygen atoms in total. The molecule has 26 heavy (non-hydrogen) atoms.